The fourth-order valence-corrected chi connectivity index (χ4v) is 0.889. The van der Waals surface area contributed by atoms with E-state index in [-0.39, 0.29) is 6.54 Å². The number of rotatable bonds is 3. The molecule has 0 aliphatic heterocycles. The van der Waals surface area contributed by atoms with Crippen molar-refractivity contribution in [2.24, 2.45) is 5.73 Å². The summed E-state index contributed by atoms with van der Waals surface area (Å²) < 4.78 is 37.1. The van der Waals surface area contributed by atoms with Gasteiger partial charge in [-0.15, -0.1) is 0 Å². The van der Waals surface area contributed by atoms with E-state index in [1.54, 1.807) is 0 Å². The van der Waals surface area contributed by atoms with Crippen molar-refractivity contribution in [3.63, 3.8) is 0 Å². The lowest BCUT2D eigenvalue weighted by Gasteiger charge is -2.05. The van der Waals surface area contributed by atoms with Crippen LogP contribution in [0.5, 0.6) is 0 Å². The molecule has 1 heterocycles. The Morgan fingerprint density at radius 3 is 2.67 bits per heavy atom. The van der Waals surface area contributed by atoms with E-state index in [4.69, 9.17) is 10.8 Å². The molecule has 0 aliphatic carbocycles. The second kappa shape index (κ2) is 3.89. The van der Waals surface area contributed by atoms with Crippen LogP contribution in [-0.2, 0) is 17.5 Å². The van der Waals surface area contributed by atoms with Gasteiger partial charge in [-0.3, -0.25) is 9.48 Å². The first-order valence-electron chi connectivity index (χ1n) is 3.88. The van der Waals surface area contributed by atoms with Crippen LogP contribution in [0.2, 0.25) is 0 Å². The number of carboxylic acids is 1. The smallest absolute Gasteiger partial charge is 0.419 e. The summed E-state index contributed by atoms with van der Waals surface area (Å²) in [6.07, 6.45) is -3.15. The van der Waals surface area contributed by atoms with Crippen molar-refractivity contribution in [2.75, 3.05) is 0 Å². The second-order valence-corrected chi connectivity index (χ2v) is 2.89. The molecule has 0 radical (unpaired) electrons. The molecule has 0 spiro atoms. The molecular weight excluding hydrogens is 215 g/mol. The van der Waals surface area contributed by atoms with Gasteiger partial charge in [0.1, 0.15) is 6.04 Å². The fourth-order valence-electron chi connectivity index (χ4n) is 0.889. The summed E-state index contributed by atoms with van der Waals surface area (Å²) in [5.74, 6) is -1.29. The molecule has 1 rings (SSSR count). The van der Waals surface area contributed by atoms with Crippen LogP contribution in [0, 0.1) is 0 Å². The van der Waals surface area contributed by atoms with E-state index < -0.39 is 23.8 Å². The molecule has 15 heavy (non-hydrogen) atoms. The quantitative estimate of drug-likeness (QED) is 0.772. The van der Waals surface area contributed by atoms with Crippen molar-refractivity contribution in [1.29, 1.82) is 0 Å². The Kier molecular flexibility index (Phi) is 2.98. The molecule has 1 aromatic rings. The van der Waals surface area contributed by atoms with Gasteiger partial charge in [0.2, 0.25) is 0 Å². The molecule has 84 valence electrons. The second-order valence-electron chi connectivity index (χ2n) is 2.89. The number of aromatic nitrogens is 2. The molecule has 8 heteroatoms. The highest BCUT2D eigenvalue weighted by Crippen LogP contribution is 2.28. The predicted molar refractivity (Wildman–Crippen MR) is 42.8 cm³/mol. The normalized spacial score (nSPS) is 13.9. The highest BCUT2D eigenvalue weighted by molar-refractivity contribution is 5.72. The minimum Gasteiger partial charge on any atom is -0.480 e. The Labute approximate surface area is 82.3 Å². The number of aliphatic carboxylic acids is 1. The number of nitrogens with zero attached hydrogens (tertiary/aromatic N) is 2. The van der Waals surface area contributed by atoms with Gasteiger partial charge in [-0.25, -0.2) is 0 Å². The number of carboxylic acid groups (broad SMARTS) is 1. The Morgan fingerprint density at radius 2 is 2.27 bits per heavy atom. The zero-order valence-corrected chi connectivity index (χ0v) is 7.40. The van der Waals surface area contributed by atoms with E-state index in [0.29, 0.717) is 12.4 Å². The van der Waals surface area contributed by atoms with Gasteiger partial charge in [-0.1, -0.05) is 0 Å². The minimum atomic E-state index is -4.48. The molecule has 0 aromatic carbocycles. The van der Waals surface area contributed by atoms with E-state index in [0.717, 1.165) is 4.68 Å². The van der Waals surface area contributed by atoms with Crippen LogP contribution in [0.15, 0.2) is 12.4 Å². The third kappa shape index (κ3) is 2.94. The molecule has 0 bridgehead atoms. The van der Waals surface area contributed by atoms with Crippen molar-refractivity contribution in [3.05, 3.63) is 18.0 Å². The molecule has 0 saturated carbocycles. The summed E-state index contributed by atoms with van der Waals surface area (Å²) in [6, 6.07) is -1.27. The highest BCUT2D eigenvalue weighted by atomic mass is 19.4. The van der Waals surface area contributed by atoms with Gasteiger partial charge in [0.25, 0.3) is 0 Å². The topological polar surface area (TPSA) is 81.1 Å². The maximum Gasteiger partial charge on any atom is 0.419 e. The maximum absolute atomic E-state index is 12.1. The van der Waals surface area contributed by atoms with Crippen molar-refractivity contribution in [2.45, 2.75) is 18.8 Å². The molecule has 0 amide bonds. The molecule has 0 fully saturated rings. The van der Waals surface area contributed by atoms with Crippen LogP contribution in [0.1, 0.15) is 5.56 Å². The summed E-state index contributed by atoms with van der Waals surface area (Å²) in [6.45, 7) is -0.300. The highest BCUT2D eigenvalue weighted by Gasteiger charge is 2.32. The largest absolute Gasteiger partial charge is 0.480 e. The van der Waals surface area contributed by atoms with Crippen molar-refractivity contribution in [1.82, 2.24) is 9.78 Å². The third-order valence-electron chi connectivity index (χ3n) is 1.66. The van der Waals surface area contributed by atoms with Crippen LogP contribution in [0.25, 0.3) is 0 Å². The number of hydrogen-bond donors (Lipinski definition) is 2. The molecule has 0 saturated heterocycles. The monoisotopic (exact) mass is 223 g/mol. The summed E-state index contributed by atoms with van der Waals surface area (Å²) in [5.41, 5.74) is 4.19. The Balaban J connectivity index is 2.73. The lowest BCUT2D eigenvalue weighted by molar-refractivity contribution is -0.139. The zero-order chi connectivity index (χ0) is 11.6. The van der Waals surface area contributed by atoms with Crippen LogP contribution in [0.4, 0.5) is 13.2 Å². The van der Waals surface area contributed by atoms with E-state index >= 15 is 0 Å². The summed E-state index contributed by atoms with van der Waals surface area (Å²) in [7, 11) is 0. The first-order valence-corrected chi connectivity index (χ1v) is 3.88. The van der Waals surface area contributed by atoms with Gasteiger partial charge < -0.3 is 10.8 Å². The first kappa shape index (κ1) is 11.5. The van der Waals surface area contributed by atoms with Gasteiger partial charge in [0.05, 0.1) is 18.3 Å². The summed E-state index contributed by atoms with van der Waals surface area (Å²) in [4.78, 5) is 10.3. The van der Waals surface area contributed by atoms with Crippen molar-refractivity contribution in [3.8, 4) is 0 Å². The molecular formula is C7H8F3N3O2. The fraction of sp³-hybridized carbons (Fsp3) is 0.429. The van der Waals surface area contributed by atoms with Gasteiger partial charge in [0, 0.05) is 6.20 Å². The Hall–Kier alpha value is -1.57. The number of hydrogen-bond acceptors (Lipinski definition) is 3. The van der Waals surface area contributed by atoms with Gasteiger partial charge in [0.15, 0.2) is 0 Å². The van der Waals surface area contributed by atoms with Crippen molar-refractivity contribution < 1.29 is 23.1 Å². The van der Waals surface area contributed by atoms with Crippen LogP contribution in [0.3, 0.4) is 0 Å². The lowest BCUT2D eigenvalue weighted by atomic mass is 10.3. The van der Waals surface area contributed by atoms with Crippen LogP contribution in [-0.4, -0.2) is 26.9 Å². The summed E-state index contributed by atoms with van der Waals surface area (Å²) >= 11 is 0. The lowest BCUT2D eigenvalue weighted by Crippen LogP contribution is -2.34. The van der Waals surface area contributed by atoms with Crippen molar-refractivity contribution >= 4 is 5.97 Å². The van der Waals surface area contributed by atoms with Gasteiger partial charge in [-0.2, -0.15) is 18.3 Å². The average Bonchev–Trinajstić information content (AvgIpc) is 2.51. The van der Waals surface area contributed by atoms with E-state index in [9.17, 15) is 18.0 Å². The van der Waals surface area contributed by atoms with E-state index in [1.165, 1.54) is 0 Å². The Bertz CT molecular complexity index is 361. The SMILES string of the molecule is NC(Cn1cc(C(F)(F)F)cn1)C(=O)O. The van der Waals surface area contributed by atoms with E-state index in [1.807, 2.05) is 0 Å². The first-order chi connectivity index (χ1) is 6.80. The van der Waals surface area contributed by atoms with Gasteiger partial charge in [-0.05, 0) is 0 Å². The standard InChI is InChI=1S/C7H8F3N3O2/c8-7(9,10)4-1-12-13(2-4)3-5(11)6(14)15/h1-2,5H,3,11H2,(H,14,15). The molecule has 1 atom stereocenters. The zero-order valence-electron chi connectivity index (χ0n) is 7.40. The van der Waals surface area contributed by atoms with Gasteiger partial charge >= 0.3 is 12.1 Å². The molecule has 1 unspecified atom stereocenters. The molecule has 3 N–H and O–H groups in total. The average molecular weight is 223 g/mol. The van der Waals surface area contributed by atoms with E-state index in [2.05, 4.69) is 5.10 Å². The molecule has 5 nitrogen and oxygen atoms in total. The summed E-state index contributed by atoms with van der Waals surface area (Å²) in [5, 5.41) is 11.8. The number of alkyl halides is 3. The number of halogens is 3. The Morgan fingerprint density at radius 1 is 1.67 bits per heavy atom. The molecule has 0 aliphatic rings. The van der Waals surface area contributed by atoms with Crippen LogP contribution < -0.4 is 5.73 Å². The molecule has 1 aromatic heterocycles. The number of nitrogens with two attached hydrogens (primary N) is 1. The third-order valence-corrected chi connectivity index (χ3v) is 1.66. The van der Waals surface area contributed by atoms with Crippen LogP contribution >= 0.6 is 0 Å². The number of carbonyl (C=O) groups is 1. The predicted octanol–water partition coefficient (Wildman–Crippen LogP) is 0.314. The maximum atomic E-state index is 12.1. The minimum absolute atomic E-state index is 0.300.